The first-order valence-corrected chi connectivity index (χ1v) is 6.95. The number of carbonyl (C=O) groups is 2. The summed E-state index contributed by atoms with van der Waals surface area (Å²) in [6.45, 7) is 1.69. The molecule has 23 heavy (non-hydrogen) atoms. The number of hydrogen-bond acceptors (Lipinski definition) is 4. The quantitative estimate of drug-likeness (QED) is 0.818. The predicted molar refractivity (Wildman–Crippen MR) is 83.6 cm³/mol. The lowest BCUT2D eigenvalue weighted by Gasteiger charge is -2.14. The average Bonchev–Trinajstić information content (AvgIpc) is 2.78. The maximum absolute atomic E-state index is 13.9. The van der Waals surface area contributed by atoms with Crippen molar-refractivity contribution in [1.82, 2.24) is 14.7 Å². The van der Waals surface area contributed by atoms with Gasteiger partial charge in [-0.2, -0.15) is 5.10 Å². The van der Waals surface area contributed by atoms with E-state index in [9.17, 15) is 14.0 Å². The molecule has 0 spiro atoms. The van der Waals surface area contributed by atoms with Crippen LogP contribution in [0.5, 0.6) is 0 Å². The second-order valence-electron chi connectivity index (χ2n) is 5.22. The molecule has 0 radical (unpaired) electrons. The van der Waals surface area contributed by atoms with Gasteiger partial charge in [-0.25, -0.2) is 9.07 Å². The Labute approximate surface area is 132 Å². The number of amides is 2. The highest BCUT2D eigenvalue weighted by Gasteiger charge is 2.15. The number of primary amides is 1. The van der Waals surface area contributed by atoms with E-state index in [4.69, 9.17) is 5.73 Å². The van der Waals surface area contributed by atoms with Crippen LogP contribution in [0, 0.1) is 12.7 Å². The summed E-state index contributed by atoms with van der Waals surface area (Å²) >= 11 is 0. The van der Waals surface area contributed by atoms with E-state index in [1.165, 1.54) is 15.6 Å². The van der Waals surface area contributed by atoms with Crippen molar-refractivity contribution in [3.05, 3.63) is 41.8 Å². The number of aryl methyl sites for hydroxylation is 1. The highest BCUT2D eigenvalue weighted by Crippen LogP contribution is 2.19. The monoisotopic (exact) mass is 319 g/mol. The number of para-hydroxylation sites is 1. The third-order valence-corrected chi connectivity index (χ3v) is 3.02. The fourth-order valence-electron chi connectivity index (χ4n) is 2.15. The third kappa shape index (κ3) is 4.36. The van der Waals surface area contributed by atoms with Gasteiger partial charge in [-0.15, -0.1) is 0 Å². The minimum absolute atomic E-state index is 0.0234. The number of hydrogen-bond donors (Lipinski definition) is 2. The molecule has 0 aliphatic rings. The SMILES string of the molecule is Cc1cc(NC(=O)CN(C)CC(N)=O)n(-c2ccccc2F)n1. The molecule has 0 saturated heterocycles. The molecule has 0 aliphatic heterocycles. The molecule has 0 bridgehead atoms. The number of anilines is 1. The summed E-state index contributed by atoms with van der Waals surface area (Å²) in [5.41, 5.74) is 5.94. The van der Waals surface area contributed by atoms with Crippen molar-refractivity contribution in [2.45, 2.75) is 6.92 Å². The van der Waals surface area contributed by atoms with Crippen LogP contribution in [-0.2, 0) is 9.59 Å². The van der Waals surface area contributed by atoms with Gasteiger partial charge < -0.3 is 11.1 Å². The van der Waals surface area contributed by atoms with Crippen molar-refractivity contribution in [3.63, 3.8) is 0 Å². The minimum Gasteiger partial charge on any atom is -0.369 e. The lowest BCUT2D eigenvalue weighted by molar-refractivity contribution is -0.120. The number of carbonyl (C=O) groups excluding carboxylic acids is 2. The Morgan fingerprint density at radius 3 is 2.70 bits per heavy atom. The molecule has 3 N–H and O–H groups in total. The fraction of sp³-hybridized carbons (Fsp3) is 0.267. The Kier molecular flexibility index (Phi) is 5.07. The van der Waals surface area contributed by atoms with E-state index in [2.05, 4.69) is 10.4 Å². The van der Waals surface area contributed by atoms with E-state index in [1.54, 1.807) is 38.2 Å². The summed E-state index contributed by atoms with van der Waals surface area (Å²) in [6, 6.07) is 7.78. The number of benzene rings is 1. The smallest absolute Gasteiger partial charge is 0.239 e. The summed E-state index contributed by atoms with van der Waals surface area (Å²) in [7, 11) is 1.60. The van der Waals surface area contributed by atoms with Gasteiger partial charge in [0.1, 0.15) is 17.3 Å². The molecule has 0 atom stereocenters. The topological polar surface area (TPSA) is 93.3 Å². The van der Waals surface area contributed by atoms with Crippen LogP contribution < -0.4 is 11.1 Å². The van der Waals surface area contributed by atoms with Gasteiger partial charge >= 0.3 is 0 Å². The van der Waals surface area contributed by atoms with Gasteiger partial charge in [-0.1, -0.05) is 12.1 Å². The number of aromatic nitrogens is 2. The second kappa shape index (κ2) is 7.01. The molecule has 1 aromatic heterocycles. The molecule has 122 valence electrons. The molecule has 0 saturated carbocycles. The molecule has 2 aromatic rings. The van der Waals surface area contributed by atoms with E-state index in [0.717, 1.165) is 0 Å². The summed E-state index contributed by atoms with van der Waals surface area (Å²) in [5, 5.41) is 6.86. The number of nitrogens with zero attached hydrogens (tertiary/aromatic N) is 3. The lowest BCUT2D eigenvalue weighted by Crippen LogP contribution is -2.36. The average molecular weight is 319 g/mol. The maximum Gasteiger partial charge on any atom is 0.239 e. The maximum atomic E-state index is 13.9. The van der Waals surface area contributed by atoms with Gasteiger partial charge in [0.25, 0.3) is 0 Å². The van der Waals surface area contributed by atoms with Crippen LogP contribution in [0.3, 0.4) is 0 Å². The van der Waals surface area contributed by atoms with E-state index < -0.39 is 11.7 Å². The van der Waals surface area contributed by atoms with Crippen molar-refractivity contribution in [3.8, 4) is 5.69 Å². The van der Waals surface area contributed by atoms with Gasteiger partial charge in [0.15, 0.2) is 0 Å². The largest absolute Gasteiger partial charge is 0.369 e. The first-order valence-electron chi connectivity index (χ1n) is 6.95. The highest BCUT2D eigenvalue weighted by molar-refractivity contribution is 5.92. The van der Waals surface area contributed by atoms with E-state index in [0.29, 0.717) is 11.5 Å². The Morgan fingerprint density at radius 1 is 1.35 bits per heavy atom. The molecular weight excluding hydrogens is 301 g/mol. The predicted octanol–water partition coefficient (Wildman–Crippen LogP) is 0.675. The zero-order valence-corrected chi connectivity index (χ0v) is 12.9. The Bertz CT molecular complexity index is 728. The zero-order chi connectivity index (χ0) is 17.0. The van der Waals surface area contributed by atoms with E-state index >= 15 is 0 Å². The number of halogens is 1. The van der Waals surface area contributed by atoms with Crippen molar-refractivity contribution < 1.29 is 14.0 Å². The zero-order valence-electron chi connectivity index (χ0n) is 12.9. The highest BCUT2D eigenvalue weighted by atomic mass is 19.1. The molecule has 0 unspecified atom stereocenters. The van der Waals surface area contributed by atoms with Crippen molar-refractivity contribution in [1.29, 1.82) is 0 Å². The number of nitrogens with two attached hydrogens (primary N) is 1. The Balaban J connectivity index is 2.17. The molecular formula is C15H18FN5O2. The third-order valence-electron chi connectivity index (χ3n) is 3.02. The minimum atomic E-state index is -0.521. The number of likely N-dealkylation sites (N-methyl/N-ethyl adjacent to an activating group) is 1. The van der Waals surface area contributed by atoms with Crippen LogP contribution in [0.15, 0.2) is 30.3 Å². The van der Waals surface area contributed by atoms with Crippen LogP contribution in [0.25, 0.3) is 5.69 Å². The van der Waals surface area contributed by atoms with Gasteiger partial charge in [0, 0.05) is 6.07 Å². The van der Waals surface area contributed by atoms with Crippen LogP contribution in [0.2, 0.25) is 0 Å². The summed E-state index contributed by atoms with van der Waals surface area (Å²) in [5.74, 6) is -0.971. The molecule has 8 heteroatoms. The first-order chi connectivity index (χ1) is 10.9. The summed E-state index contributed by atoms with van der Waals surface area (Å²) in [4.78, 5) is 24.3. The lowest BCUT2D eigenvalue weighted by atomic mass is 10.3. The molecule has 7 nitrogen and oxygen atoms in total. The Hall–Kier alpha value is -2.74. The van der Waals surface area contributed by atoms with Crippen LogP contribution in [0.1, 0.15) is 5.69 Å². The standard InChI is InChI=1S/C15H18FN5O2/c1-10-7-14(18-15(23)9-20(2)8-13(17)22)21(19-10)12-6-4-3-5-11(12)16/h3-7H,8-9H2,1-2H3,(H2,17,22)(H,18,23). The normalized spacial score (nSPS) is 10.8. The molecule has 1 heterocycles. The van der Waals surface area contributed by atoms with Crippen LogP contribution in [0.4, 0.5) is 10.2 Å². The first kappa shape index (κ1) is 16.6. The molecule has 2 rings (SSSR count). The van der Waals surface area contributed by atoms with Crippen LogP contribution >= 0.6 is 0 Å². The molecule has 0 fully saturated rings. The summed E-state index contributed by atoms with van der Waals surface area (Å²) < 4.78 is 15.3. The Morgan fingerprint density at radius 2 is 2.04 bits per heavy atom. The van der Waals surface area contributed by atoms with Gasteiger partial charge in [0.05, 0.1) is 18.8 Å². The van der Waals surface area contributed by atoms with Crippen molar-refractivity contribution in [2.75, 3.05) is 25.5 Å². The fourth-order valence-corrected chi connectivity index (χ4v) is 2.15. The van der Waals surface area contributed by atoms with E-state index in [1.807, 2.05) is 0 Å². The second-order valence-corrected chi connectivity index (χ2v) is 5.22. The van der Waals surface area contributed by atoms with Gasteiger partial charge in [0.2, 0.25) is 11.8 Å². The molecule has 0 aliphatic carbocycles. The summed E-state index contributed by atoms with van der Waals surface area (Å²) in [6.07, 6.45) is 0. The van der Waals surface area contributed by atoms with Gasteiger partial charge in [-0.3, -0.25) is 14.5 Å². The number of nitrogens with one attached hydrogen (secondary N) is 1. The van der Waals surface area contributed by atoms with E-state index in [-0.39, 0.29) is 24.7 Å². The van der Waals surface area contributed by atoms with Gasteiger partial charge in [-0.05, 0) is 26.1 Å². The molecule has 1 aromatic carbocycles. The number of rotatable bonds is 6. The van der Waals surface area contributed by atoms with Crippen LogP contribution in [-0.4, -0.2) is 46.6 Å². The molecule has 2 amide bonds. The van der Waals surface area contributed by atoms with Crippen molar-refractivity contribution >= 4 is 17.6 Å². The van der Waals surface area contributed by atoms with Crippen molar-refractivity contribution in [2.24, 2.45) is 5.73 Å².